The first-order chi connectivity index (χ1) is 9.93. The average molecular weight is 322 g/mol. The minimum atomic E-state index is -4.91. The molecule has 0 fully saturated rings. The number of benzene rings is 1. The molecule has 0 aliphatic heterocycles. The highest BCUT2D eigenvalue weighted by Crippen LogP contribution is 2.38. The van der Waals surface area contributed by atoms with E-state index in [1.807, 2.05) is 0 Å². The molecule has 0 spiro atoms. The molecule has 0 radical (unpaired) electrons. The SMILES string of the molecule is Cc1c(C)[n+](C)[c-]n1-c1ccc(C(F)(F)F)cc1C(F)(F)F. The normalized spacial score (nSPS) is 12.8. The number of alkyl halides is 6. The van der Waals surface area contributed by atoms with Crippen molar-refractivity contribution in [1.29, 1.82) is 0 Å². The molecule has 0 aliphatic carbocycles. The molecule has 0 N–H and O–H groups in total. The molecule has 0 bridgehead atoms. The zero-order valence-electron chi connectivity index (χ0n) is 11.9. The third-order valence-electron chi connectivity index (χ3n) is 3.48. The topological polar surface area (TPSA) is 8.81 Å². The van der Waals surface area contributed by atoms with Gasteiger partial charge < -0.3 is 9.13 Å². The smallest absolute Gasteiger partial charge is 0.323 e. The highest BCUT2D eigenvalue weighted by molar-refractivity contribution is 5.47. The lowest BCUT2D eigenvalue weighted by Crippen LogP contribution is -2.29. The second-order valence-electron chi connectivity index (χ2n) is 4.89. The van der Waals surface area contributed by atoms with Gasteiger partial charge >= 0.3 is 12.4 Å². The molecule has 2 rings (SSSR count). The van der Waals surface area contributed by atoms with Gasteiger partial charge in [-0.2, -0.15) is 26.3 Å². The molecular formula is C14H12F6N2. The van der Waals surface area contributed by atoms with Crippen molar-refractivity contribution in [3.63, 3.8) is 0 Å². The molecule has 8 heteroatoms. The molecule has 2 aromatic rings. The van der Waals surface area contributed by atoms with Crippen LogP contribution >= 0.6 is 0 Å². The van der Waals surface area contributed by atoms with Gasteiger partial charge in [0.05, 0.1) is 23.9 Å². The van der Waals surface area contributed by atoms with Crippen LogP contribution in [0.4, 0.5) is 26.3 Å². The summed E-state index contributed by atoms with van der Waals surface area (Å²) >= 11 is 0. The predicted molar refractivity (Wildman–Crippen MR) is 65.3 cm³/mol. The number of aryl methyl sites for hydroxylation is 1. The summed E-state index contributed by atoms with van der Waals surface area (Å²) in [4.78, 5) is 0. The fraction of sp³-hybridized carbons (Fsp3) is 0.357. The average Bonchev–Trinajstić information content (AvgIpc) is 2.64. The van der Waals surface area contributed by atoms with Crippen LogP contribution in [-0.4, -0.2) is 4.57 Å². The summed E-state index contributed by atoms with van der Waals surface area (Å²) < 4.78 is 80.0. The van der Waals surface area contributed by atoms with Crippen molar-refractivity contribution in [1.82, 2.24) is 4.57 Å². The molecule has 0 atom stereocenters. The van der Waals surface area contributed by atoms with Gasteiger partial charge in [-0.1, -0.05) is 12.1 Å². The van der Waals surface area contributed by atoms with E-state index in [0.717, 1.165) is 10.6 Å². The van der Waals surface area contributed by atoms with E-state index < -0.39 is 23.5 Å². The Labute approximate surface area is 122 Å². The maximum Gasteiger partial charge on any atom is 0.416 e. The van der Waals surface area contributed by atoms with Gasteiger partial charge in [0, 0.05) is 11.4 Å². The second-order valence-corrected chi connectivity index (χ2v) is 4.89. The van der Waals surface area contributed by atoms with Crippen LogP contribution in [0.2, 0.25) is 0 Å². The molecule has 120 valence electrons. The molecule has 1 heterocycles. The number of rotatable bonds is 1. The molecule has 2 nitrogen and oxygen atoms in total. The number of halogens is 6. The summed E-state index contributed by atoms with van der Waals surface area (Å²) in [6, 6.07) is 1.57. The summed E-state index contributed by atoms with van der Waals surface area (Å²) in [5, 5.41) is 0. The fourth-order valence-electron chi connectivity index (χ4n) is 2.07. The molecule has 1 aromatic heterocycles. The van der Waals surface area contributed by atoms with Gasteiger partial charge in [0.15, 0.2) is 0 Å². The number of nitrogens with zero attached hydrogens (tertiary/aromatic N) is 2. The van der Waals surface area contributed by atoms with Crippen molar-refractivity contribution >= 4 is 0 Å². The van der Waals surface area contributed by atoms with E-state index in [4.69, 9.17) is 0 Å². The monoisotopic (exact) mass is 322 g/mol. The van der Waals surface area contributed by atoms with Crippen LogP contribution in [0, 0.1) is 20.2 Å². The van der Waals surface area contributed by atoms with Crippen LogP contribution < -0.4 is 4.57 Å². The van der Waals surface area contributed by atoms with Crippen molar-refractivity contribution in [2.75, 3.05) is 0 Å². The van der Waals surface area contributed by atoms with Crippen molar-refractivity contribution < 1.29 is 30.9 Å². The Hall–Kier alpha value is -1.99. The summed E-state index contributed by atoms with van der Waals surface area (Å²) in [5.41, 5.74) is -1.95. The van der Waals surface area contributed by atoms with Crippen LogP contribution in [0.15, 0.2) is 18.2 Å². The van der Waals surface area contributed by atoms with Crippen LogP contribution in [0.1, 0.15) is 22.5 Å². The van der Waals surface area contributed by atoms with Gasteiger partial charge in [0.2, 0.25) is 6.33 Å². The molecule has 0 saturated heterocycles. The van der Waals surface area contributed by atoms with Crippen LogP contribution in [-0.2, 0) is 19.4 Å². The highest BCUT2D eigenvalue weighted by atomic mass is 19.4. The molecule has 0 aliphatic rings. The minimum Gasteiger partial charge on any atom is -0.323 e. The maximum absolute atomic E-state index is 13.1. The van der Waals surface area contributed by atoms with E-state index in [1.54, 1.807) is 20.9 Å². The van der Waals surface area contributed by atoms with Crippen molar-refractivity contribution in [2.24, 2.45) is 7.05 Å². The standard InChI is InChI=1S/C14H12F6N2/c1-8-9(2)22(7-21(8)3)12-5-4-10(13(15,16)17)6-11(12)14(18,19)20/h4-6H,1-3H3. The molecular weight excluding hydrogens is 310 g/mol. The van der Waals surface area contributed by atoms with E-state index >= 15 is 0 Å². The summed E-state index contributed by atoms with van der Waals surface area (Å²) in [6.45, 7) is 3.25. The molecule has 1 aromatic carbocycles. The van der Waals surface area contributed by atoms with Gasteiger partial charge in [0.25, 0.3) is 0 Å². The summed E-state index contributed by atoms with van der Waals surface area (Å²) in [7, 11) is 1.59. The Morgan fingerprint density at radius 3 is 2.00 bits per heavy atom. The predicted octanol–water partition coefficient (Wildman–Crippen LogP) is 3.76. The van der Waals surface area contributed by atoms with Gasteiger partial charge in [-0.3, -0.25) is 0 Å². The molecule has 0 amide bonds. The number of hydrogen-bond donors (Lipinski definition) is 0. The minimum absolute atomic E-state index is 0.123. The Balaban J connectivity index is 2.73. The lowest BCUT2D eigenvalue weighted by molar-refractivity contribution is -0.681. The van der Waals surface area contributed by atoms with Crippen LogP contribution in [0.5, 0.6) is 0 Å². The third kappa shape index (κ3) is 2.82. The lowest BCUT2D eigenvalue weighted by Gasteiger charge is -2.17. The Bertz CT molecular complexity index is 709. The second kappa shape index (κ2) is 5.03. The van der Waals surface area contributed by atoms with E-state index in [2.05, 4.69) is 6.33 Å². The lowest BCUT2D eigenvalue weighted by atomic mass is 10.1. The summed E-state index contributed by atoms with van der Waals surface area (Å²) in [6.07, 6.45) is -7.10. The largest absolute Gasteiger partial charge is 0.416 e. The maximum atomic E-state index is 13.1. The Morgan fingerprint density at radius 1 is 1.00 bits per heavy atom. The van der Waals surface area contributed by atoms with Crippen LogP contribution in [0.3, 0.4) is 0 Å². The van der Waals surface area contributed by atoms with Crippen molar-refractivity contribution in [2.45, 2.75) is 26.2 Å². The zero-order chi connectivity index (χ0) is 16.9. The van der Waals surface area contributed by atoms with Crippen molar-refractivity contribution in [3.8, 4) is 5.69 Å². The van der Waals surface area contributed by atoms with E-state index in [-0.39, 0.29) is 11.8 Å². The number of aromatic nitrogens is 2. The first-order valence-electron chi connectivity index (χ1n) is 6.19. The zero-order valence-corrected chi connectivity index (χ0v) is 11.9. The first kappa shape index (κ1) is 16.4. The van der Waals surface area contributed by atoms with Gasteiger partial charge in [-0.15, -0.1) is 0 Å². The Morgan fingerprint density at radius 2 is 1.59 bits per heavy atom. The number of imidazole rings is 1. The summed E-state index contributed by atoms with van der Waals surface area (Å²) in [5.74, 6) is 0. The Kier molecular flexibility index (Phi) is 3.75. The van der Waals surface area contributed by atoms with Crippen molar-refractivity contribution in [3.05, 3.63) is 47.0 Å². The molecule has 22 heavy (non-hydrogen) atoms. The van der Waals surface area contributed by atoms with Gasteiger partial charge in [-0.25, -0.2) is 0 Å². The van der Waals surface area contributed by atoms with Gasteiger partial charge in [-0.05, 0) is 19.9 Å². The van der Waals surface area contributed by atoms with E-state index in [0.29, 0.717) is 17.5 Å². The fourth-order valence-corrected chi connectivity index (χ4v) is 2.07. The third-order valence-corrected chi connectivity index (χ3v) is 3.48. The molecule has 0 saturated carbocycles. The quantitative estimate of drug-likeness (QED) is 0.429. The molecule has 0 unspecified atom stereocenters. The highest BCUT2D eigenvalue weighted by Gasteiger charge is 2.38. The first-order valence-corrected chi connectivity index (χ1v) is 6.19. The van der Waals surface area contributed by atoms with Gasteiger partial charge in [0.1, 0.15) is 0 Å². The van der Waals surface area contributed by atoms with E-state index in [1.165, 1.54) is 4.57 Å². The van der Waals surface area contributed by atoms with Crippen LogP contribution in [0.25, 0.3) is 5.69 Å². The number of hydrogen-bond acceptors (Lipinski definition) is 0. The van der Waals surface area contributed by atoms with E-state index in [9.17, 15) is 26.3 Å².